The molecular formula is C18H21ClN2O4. The van der Waals surface area contributed by atoms with E-state index in [0.717, 1.165) is 5.56 Å². The van der Waals surface area contributed by atoms with Crippen molar-refractivity contribution in [3.8, 4) is 11.5 Å². The Kier molecular flexibility index (Phi) is 5.18. The van der Waals surface area contributed by atoms with Crippen LogP contribution in [0.5, 0.6) is 11.5 Å². The van der Waals surface area contributed by atoms with Gasteiger partial charge in [0.15, 0.2) is 11.5 Å². The molecule has 0 unspecified atom stereocenters. The highest BCUT2D eigenvalue weighted by atomic mass is 35.5. The largest absolute Gasteiger partial charge is 0.454 e. The van der Waals surface area contributed by atoms with E-state index in [4.69, 9.17) is 21.1 Å². The standard InChI is InChI=1S/C18H21ClN2O4/c1-20(2)18(23)13-5-7-21(8-6-13)16(22)4-3-12-9-14(19)17-15(10-12)24-11-25-17/h3-4,9-10,13H,5-8,11H2,1-2H3/b4-3+. The van der Waals surface area contributed by atoms with Gasteiger partial charge < -0.3 is 19.3 Å². The molecule has 25 heavy (non-hydrogen) atoms. The zero-order valence-electron chi connectivity index (χ0n) is 14.3. The number of piperidine rings is 1. The van der Waals surface area contributed by atoms with Crippen molar-refractivity contribution < 1.29 is 19.1 Å². The molecule has 1 fully saturated rings. The molecule has 2 aliphatic rings. The van der Waals surface area contributed by atoms with Crippen LogP contribution in [0.4, 0.5) is 0 Å². The summed E-state index contributed by atoms with van der Waals surface area (Å²) >= 11 is 6.14. The van der Waals surface area contributed by atoms with Gasteiger partial charge in [0.05, 0.1) is 5.02 Å². The van der Waals surface area contributed by atoms with Crippen molar-refractivity contribution in [2.75, 3.05) is 34.0 Å². The maximum atomic E-state index is 12.4. The number of benzene rings is 1. The number of rotatable bonds is 3. The second-order valence-corrected chi connectivity index (χ2v) is 6.81. The Hall–Kier alpha value is -2.21. The number of fused-ring (bicyclic) bond motifs is 1. The zero-order valence-corrected chi connectivity index (χ0v) is 15.1. The number of halogens is 1. The SMILES string of the molecule is CN(C)C(=O)C1CCN(C(=O)/C=C/c2cc(Cl)c3c(c2)OCO3)CC1. The smallest absolute Gasteiger partial charge is 0.246 e. The molecule has 0 aromatic heterocycles. The number of carbonyl (C=O) groups excluding carboxylic acids is 2. The molecule has 1 saturated heterocycles. The van der Waals surface area contributed by atoms with Gasteiger partial charge in [0.25, 0.3) is 0 Å². The number of ether oxygens (including phenoxy) is 2. The van der Waals surface area contributed by atoms with Crippen LogP contribution in [0.3, 0.4) is 0 Å². The molecule has 0 spiro atoms. The molecule has 7 heteroatoms. The Morgan fingerprint density at radius 3 is 2.64 bits per heavy atom. The van der Waals surface area contributed by atoms with Gasteiger partial charge in [-0.1, -0.05) is 11.6 Å². The summed E-state index contributed by atoms with van der Waals surface area (Å²) in [7, 11) is 3.53. The van der Waals surface area contributed by atoms with Crippen molar-refractivity contribution in [3.63, 3.8) is 0 Å². The molecule has 6 nitrogen and oxygen atoms in total. The van der Waals surface area contributed by atoms with Gasteiger partial charge in [-0.25, -0.2) is 0 Å². The van der Waals surface area contributed by atoms with Crippen LogP contribution in [0, 0.1) is 5.92 Å². The van der Waals surface area contributed by atoms with Crippen LogP contribution in [0.2, 0.25) is 5.02 Å². The fraction of sp³-hybridized carbons (Fsp3) is 0.444. The Bertz CT molecular complexity index is 709. The van der Waals surface area contributed by atoms with E-state index in [1.54, 1.807) is 42.1 Å². The van der Waals surface area contributed by atoms with Crippen molar-refractivity contribution in [2.24, 2.45) is 5.92 Å². The van der Waals surface area contributed by atoms with Crippen LogP contribution in [-0.2, 0) is 9.59 Å². The fourth-order valence-corrected chi connectivity index (χ4v) is 3.34. The first-order chi connectivity index (χ1) is 12.0. The normalized spacial score (nSPS) is 17.2. The van der Waals surface area contributed by atoms with Gasteiger partial charge in [0.2, 0.25) is 18.6 Å². The highest BCUT2D eigenvalue weighted by Gasteiger charge is 2.27. The minimum atomic E-state index is -0.0652. The van der Waals surface area contributed by atoms with Crippen LogP contribution in [-0.4, -0.2) is 55.6 Å². The van der Waals surface area contributed by atoms with Crippen molar-refractivity contribution >= 4 is 29.5 Å². The number of nitrogens with zero attached hydrogens (tertiary/aromatic N) is 2. The second-order valence-electron chi connectivity index (χ2n) is 6.40. The van der Waals surface area contributed by atoms with Gasteiger partial charge in [-0.2, -0.15) is 0 Å². The molecule has 0 N–H and O–H groups in total. The molecule has 2 amide bonds. The first-order valence-corrected chi connectivity index (χ1v) is 8.61. The van der Waals surface area contributed by atoms with Gasteiger partial charge in [-0.3, -0.25) is 9.59 Å². The van der Waals surface area contributed by atoms with E-state index < -0.39 is 0 Å². The van der Waals surface area contributed by atoms with Gasteiger partial charge in [-0.05, 0) is 36.6 Å². The summed E-state index contributed by atoms with van der Waals surface area (Å²) in [5.41, 5.74) is 0.778. The monoisotopic (exact) mass is 364 g/mol. The van der Waals surface area contributed by atoms with Crippen molar-refractivity contribution in [3.05, 3.63) is 28.8 Å². The Morgan fingerprint density at radius 2 is 1.96 bits per heavy atom. The molecule has 1 aromatic carbocycles. The summed E-state index contributed by atoms with van der Waals surface area (Å²) in [5, 5.41) is 0.463. The Labute approximate surface area is 151 Å². The summed E-state index contributed by atoms with van der Waals surface area (Å²) < 4.78 is 10.6. The molecule has 3 rings (SSSR count). The third-order valence-electron chi connectivity index (χ3n) is 4.46. The molecule has 134 valence electrons. The van der Waals surface area contributed by atoms with Crippen molar-refractivity contribution in [1.82, 2.24) is 9.80 Å². The molecule has 0 atom stereocenters. The summed E-state index contributed by atoms with van der Waals surface area (Å²) in [6, 6.07) is 3.53. The molecule has 0 aliphatic carbocycles. The maximum Gasteiger partial charge on any atom is 0.246 e. The lowest BCUT2D eigenvalue weighted by Crippen LogP contribution is -2.42. The Morgan fingerprint density at radius 1 is 1.24 bits per heavy atom. The lowest BCUT2D eigenvalue weighted by atomic mass is 9.95. The van der Waals surface area contributed by atoms with Gasteiger partial charge in [-0.15, -0.1) is 0 Å². The molecular weight excluding hydrogens is 344 g/mol. The van der Waals surface area contributed by atoms with Crippen LogP contribution >= 0.6 is 11.6 Å². The number of hydrogen-bond acceptors (Lipinski definition) is 4. The van der Waals surface area contributed by atoms with E-state index in [0.29, 0.717) is 42.5 Å². The van der Waals surface area contributed by atoms with E-state index in [9.17, 15) is 9.59 Å². The van der Waals surface area contributed by atoms with E-state index in [2.05, 4.69) is 0 Å². The third kappa shape index (κ3) is 3.90. The highest BCUT2D eigenvalue weighted by Crippen LogP contribution is 2.40. The highest BCUT2D eigenvalue weighted by molar-refractivity contribution is 6.32. The molecule has 1 aromatic rings. The lowest BCUT2D eigenvalue weighted by molar-refractivity contribution is -0.137. The van der Waals surface area contributed by atoms with Crippen molar-refractivity contribution in [1.29, 1.82) is 0 Å². The van der Waals surface area contributed by atoms with Gasteiger partial charge in [0.1, 0.15) is 0 Å². The lowest BCUT2D eigenvalue weighted by Gasteiger charge is -2.31. The van der Waals surface area contributed by atoms with E-state index >= 15 is 0 Å². The average molecular weight is 365 g/mol. The average Bonchev–Trinajstić information content (AvgIpc) is 3.08. The van der Waals surface area contributed by atoms with Crippen molar-refractivity contribution in [2.45, 2.75) is 12.8 Å². The predicted molar refractivity (Wildman–Crippen MR) is 94.6 cm³/mol. The van der Waals surface area contributed by atoms with Crippen LogP contribution in [0.15, 0.2) is 18.2 Å². The minimum absolute atomic E-state index is 0.00990. The van der Waals surface area contributed by atoms with E-state index in [1.165, 1.54) is 6.08 Å². The van der Waals surface area contributed by atoms with Gasteiger partial charge in [0, 0.05) is 39.2 Å². The number of likely N-dealkylation sites (tertiary alicyclic amines) is 1. The van der Waals surface area contributed by atoms with E-state index in [1.807, 2.05) is 0 Å². The molecule has 2 heterocycles. The molecule has 2 aliphatic heterocycles. The van der Waals surface area contributed by atoms with Crippen LogP contribution < -0.4 is 9.47 Å². The van der Waals surface area contributed by atoms with E-state index in [-0.39, 0.29) is 24.5 Å². The second kappa shape index (κ2) is 7.35. The number of carbonyl (C=O) groups is 2. The van der Waals surface area contributed by atoms with Gasteiger partial charge >= 0.3 is 0 Å². The number of hydrogen-bond donors (Lipinski definition) is 0. The molecule has 0 radical (unpaired) electrons. The third-order valence-corrected chi connectivity index (χ3v) is 4.75. The molecule has 0 bridgehead atoms. The summed E-state index contributed by atoms with van der Waals surface area (Å²) in [5.74, 6) is 1.21. The summed E-state index contributed by atoms with van der Waals surface area (Å²) in [6.45, 7) is 1.34. The summed E-state index contributed by atoms with van der Waals surface area (Å²) in [4.78, 5) is 27.7. The topological polar surface area (TPSA) is 59.1 Å². The summed E-state index contributed by atoms with van der Waals surface area (Å²) in [6.07, 6.45) is 4.65. The number of amides is 2. The maximum absolute atomic E-state index is 12.4. The first kappa shape index (κ1) is 17.6. The predicted octanol–water partition coefficient (Wildman–Crippen LogP) is 2.41. The zero-order chi connectivity index (χ0) is 18.0. The van der Waals surface area contributed by atoms with Crippen LogP contribution in [0.1, 0.15) is 18.4 Å². The van der Waals surface area contributed by atoms with Crippen LogP contribution in [0.25, 0.3) is 6.08 Å². The quantitative estimate of drug-likeness (QED) is 0.773. The minimum Gasteiger partial charge on any atom is -0.454 e. The fourth-order valence-electron chi connectivity index (χ4n) is 3.07. The first-order valence-electron chi connectivity index (χ1n) is 8.23. The Balaban J connectivity index is 1.59. The molecule has 0 saturated carbocycles.